The van der Waals surface area contributed by atoms with E-state index in [1.807, 2.05) is 24.6 Å². The second-order valence-corrected chi connectivity index (χ2v) is 5.38. The molecule has 0 amide bonds. The van der Waals surface area contributed by atoms with E-state index in [4.69, 9.17) is 10.5 Å². The highest BCUT2D eigenvalue weighted by Gasteiger charge is 2.15. The lowest BCUT2D eigenvalue weighted by atomic mass is 10.0. The van der Waals surface area contributed by atoms with Gasteiger partial charge in [-0.2, -0.15) is 0 Å². The fourth-order valence-electron chi connectivity index (χ4n) is 2.33. The number of imidazole rings is 1. The van der Waals surface area contributed by atoms with Crippen LogP contribution < -0.4 is 15.8 Å². The molecule has 0 aliphatic carbocycles. The van der Waals surface area contributed by atoms with Crippen LogP contribution in [0.3, 0.4) is 0 Å². The molecule has 3 N–H and O–H groups in total. The maximum Gasteiger partial charge on any atom is 0.179 e. The predicted molar refractivity (Wildman–Crippen MR) is 90.7 cm³/mol. The van der Waals surface area contributed by atoms with Crippen molar-refractivity contribution in [3.63, 3.8) is 0 Å². The van der Waals surface area contributed by atoms with Gasteiger partial charge in [0.05, 0.1) is 24.7 Å². The van der Waals surface area contributed by atoms with Gasteiger partial charge in [-0.3, -0.25) is 4.79 Å². The number of Topliss-reactive ketones (excluding diaryl/α,β-unsaturated/α-hetero) is 1. The van der Waals surface area contributed by atoms with Crippen LogP contribution in [0.4, 0.5) is 5.69 Å². The van der Waals surface area contributed by atoms with Crippen LogP contribution in [0.5, 0.6) is 5.75 Å². The summed E-state index contributed by atoms with van der Waals surface area (Å²) in [7, 11) is 0. The molecule has 1 atom stereocenters. The van der Waals surface area contributed by atoms with Crippen molar-refractivity contribution in [1.82, 2.24) is 14.9 Å². The molecule has 0 aliphatic heterocycles. The van der Waals surface area contributed by atoms with Gasteiger partial charge in [-0.15, -0.1) is 0 Å². The van der Waals surface area contributed by atoms with Gasteiger partial charge in [0, 0.05) is 24.5 Å². The van der Waals surface area contributed by atoms with E-state index in [1.54, 1.807) is 30.7 Å². The Morgan fingerprint density at radius 2 is 2.30 bits per heavy atom. The second-order valence-electron chi connectivity index (χ2n) is 5.38. The second kappa shape index (κ2) is 8.33. The van der Waals surface area contributed by atoms with Crippen molar-refractivity contribution in [2.24, 2.45) is 0 Å². The number of anilines is 1. The molecule has 0 bridgehead atoms. The first-order valence-corrected chi connectivity index (χ1v) is 7.87. The van der Waals surface area contributed by atoms with Crippen molar-refractivity contribution in [2.45, 2.75) is 32.9 Å². The summed E-state index contributed by atoms with van der Waals surface area (Å²) in [4.78, 5) is 16.4. The lowest BCUT2D eigenvalue weighted by Crippen LogP contribution is -2.35. The minimum atomic E-state index is -0.255. The Hall–Kier alpha value is -2.34. The summed E-state index contributed by atoms with van der Waals surface area (Å²) in [5.41, 5.74) is 7.00. The molecule has 0 saturated carbocycles. The van der Waals surface area contributed by atoms with E-state index in [2.05, 4.69) is 10.3 Å². The van der Waals surface area contributed by atoms with Crippen molar-refractivity contribution < 1.29 is 9.53 Å². The van der Waals surface area contributed by atoms with Gasteiger partial charge >= 0.3 is 0 Å². The topological polar surface area (TPSA) is 82.2 Å². The summed E-state index contributed by atoms with van der Waals surface area (Å²) in [5.74, 6) is 0.646. The Kier molecular flexibility index (Phi) is 6.17. The molecule has 1 heterocycles. The van der Waals surface area contributed by atoms with Gasteiger partial charge in [-0.1, -0.05) is 0 Å². The first-order chi connectivity index (χ1) is 11.1. The molecule has 23 heavy (non-hydrogen) atoms. The third kappa shape index (κ3) is 4.82. The number of nitrogens with zero attached hydrogens (tertiary/aromatic N) is 2. The molecule has 6 heteroatoms. The van der Waals surface area contributed by atoms with Crippen LogP contribution in [-0.2, 0) is 6.54 Å². The summed E-state index contributed by atoms with van der Waals surface area (Å²) < 4.78 is 7.40. The highest BCUT2D eigenvalue weighted by Crippen LogP contribution is 2.23. The first-order valence-electron chi connectivity index (χ1n) is 7.87. The highest BCUT2D eigenvalue weighted by atomic mass is 16.5. The maximum absolute atomic E-state index is 12.4. The van der Waals surface area contributed by atoms with Gasteiger partial charge in [0.2, 0.25) is 0 Å². The summed E-state index contributed by atoms with van der Waals surface area (Å²) >= 11 is 0. The molecule has 0 fully saturated rings. The number of nitrogens with one attached hydrogen (secondary N) is 1. The van der Waals surface area contributed by atoms with Crippen LogP contribution in [0.2, 0.25) is 0 Å². The largest absolute Gasteiger partial charge is 0.492 e. The molecule has 1 unspecified atom stereocenters. The Morgan fingerprint density at radius 3 is 2.96 bits per heavy atom. The number of nitrogen functional groups attached to an aromatic ring is 1. The lowest BCUT2D eigenvalue weighted by Gasteiger charge is -2.14. The van der Waals surface area contributed by atoms with Crippen LogP contribution in [-0.4, -0.2) is 34.5 Å². The van der Waals surface area contributed by atoms with E-state index in [1.165, 1.54) is 0 Å². The number of rotatable bonds is 9. The Balaban J connectivity index is 1.83. The van der Waals surface area contributed by atoms with E-state index in [-0.39, 0.29) is 11.8 Å². The van der Waals surface area contributed by atoms with Crippen molar-refractivity contribution in [3.8, 4) is 5.75 Å². The van der Waals surface area contributed by atoms with Crippen molar-refractivity contribution in [3.05, 3.63) is 42.5 Å². The standard InChI is InChI=1S/C17H24N4O2/c1-3-23-16-6-5-14(11-15(16)18)17(22)13(2)20-7-4-9-21-10-8-19-12-21/h5-6,8,10-13,20H,3-4,7,9,18H2,1-2H3. The zero-order valence-electron chi connectivity index (χ0n) is 13.7. The van der Waals surface area contributed by atoms with E-state index in [0.717, 1.165) is 19.5 Å². The number of nitrogens with two attached hydrogens (primary N) is 1. The quantitative estimate of drug-likeness (QED) is 0.421. The number of aromatic nitrogens is 2. The molecule has 124 valence electrons. The smallest absolute Gasteiger partial charge is 0.179 e. The highest BCUT2D eigenvalue weighted by molar-refractivity contribution is 6.00. The zero-order valence-corrected chi connectivity index (χ0v) is 13.7. The Bertz CT molecular complexity index is 626. The Labute approximate surface area is 136 Å². The van der Waals surface area contributed by atoms with E-state index in [0.29, 0.717) is 23.6 Å². The third-order valence-corrected chi connectivity index (χ3v) is 3.59. The van der Waals surface area contributed by atoms with Gasteiger partial charge in [0.25, 0.3) is 0 Å². The number of carbonyl (C=O) groups is 1. The molecule has 0 radical (unpaired) electrons. The average Bonchev–Trinajstić information content (AvgIpc) is 3.06. The number of hydrogen-bond donors (Lipinski definition) is 2. The predicted octanol–water partition coefficient (Wildman–Crippen LogP) is 2.12. The minimum Gasteiger partial charge on any atom is -0.492 e. The molecule has 1 aromatic carbocycles. The fourth-order valence-corrected chi connectivity index (χ4v) is 2.33. The van der Waals surface area contributed by atoms with Crippen LogP contribution in [0.25, 0.3) is 0 Å². The van der Waals surface area contributed by atoms with Crippen LogP contribution >= 0.6 is 0 Å². The number of benzene rings is 1. The lowest BCUT2D eigenvalue weighted by molar-refractivity contribution is 0.0951. The van der Waals surface area contributed by atoms with Gasteiger partial charge in [0.15, 0.2) is 5.78 Å². The Morgan fingerprint density at radius 1 is 1.48 bits per heavy atom. The van der Waals surface area contributed by atoms with Crippen molar-refractivity contribution in [1.29, 1.82) is 0 Å². The number of hydrogen-bond acceptors (Lipinski definition) is 5. The zero-order chi connectivity index (χ0) is 16.7. The molecule has 0 spiro atoms. The molecular formula is C17H24N4O2. The van der Waals surface area contributed by atoms with Crippen molar-refractivity contribution >= 4 is 11.5 Å². The first kappa shape index (κ1) is 17.0. The summed E-state index contributed by atoms with van der Waals surface area (Å²) in [6.07, 6.45) is 6.41. The van der Waals surface area contributed by atoms with E-state index in [9.17, 15) is 4.79 Å². The van der Waals surface area contributed by atoms with Gasteiger partial charge in [0.1, 0.15) is 5.75 Å². The van der Waals surface area contributed by atoms with Crippen molar-refractivity contribution in [2.75, 3.05) is 18.9 Å². The van der Waals surface area contributed by atoms with Gasteiger partial charge in [-0.25, -0.2) is 4.98 Å². The molecule has 6 nitrogen and oxygen atoms in total. The molecule has 2 aromatic rings. The third-order valence-electron chi connectivity index (χ3n) is 3.59. The summed E-state index contributed by atoms with van der Waals surface area (Å²) in [5, 5.41) is 3.25. The number of ketones is 1. The molecule has 2 rings (SSSR count). The SMILES string of the molecule is CCOc1ccc(C(=O)C(C)NCCCn2ccnc2)cc1N. The van der Waals surface area contributed by atoms with Crippen LogP contribution in [0.1, 0.15) is 30.6 Å². The van der Waals surface area contributed by atoms with E-state index >= 15 is 0 Å². The summed E-state index contributed by atoms with van der Waals surface area (Å²) in [6, 6.07) is 4.93. The number of aryl methyl sites for hydroxylation is 1. The average molecular weight is 316 g/mol. The maximum atomic E-state index is 12.4. The molecular weight excluding hydrogens is 292 g/mol. The fraction of sp³-hybridized carbons (Fsp3) is 0.412. The number of carbonyl (C=O) groups excluding carboxylic acids is 1. The van der Waals surface area contributed by atoms with Crippen LogP contribution in [0, 0.1) is 0 Å². The molecule has 0 aliphatic rings. The molecule has 0 saturated heterocycles. The molecule has 1 aromatic heterocycles. The monoisotopic (exact) mass is 316 g/mol. The summed E-state index contributed by atoms with van der Waals surface area (Å²) in [6.45, 7) is 5.95. The van der Waals surface area contributed by atoms with Crippen LogP contribution in [0.15, 0.2) is 36.9 Å². The van der Waals surface area contributed by atoms with Gasteiger partial charge < -0.3 is 20.4 Å². The normalized spacial score (nSPS) is 12.1. The number of ether oxygens (including phenoxy) is 1. The van der Waals surface area contributed by atoms with Gasteiger partial charge in [-0.05, 0) is 45.0 Å². The van der Waals surface area contributed by atoms with E-state index < -0.39 is 0 Å². The minimum absolute atomic E-state index is 0.0300.